The van der Waals surface area contributed by atoms with Crippen LogP contribution in [0.5, 0.6) is 0 Å². The highest BCUT2D eigenvalue weighted by Crippen LogP contribution is 2.27. The van der Waals surface area contributed by atoms with Crippen molar-refractivity contribution in [2.45, 2.75) is 25.3 Å². The molecule has 0 amide bonds. The van der Waals surface area contributed by atoms with Gasteiger partial charge in [-0.1, -0.05) is 0 Å². The van der Waals surface area contributed by atoms with E-state index < -0.39 is 5.97 Å². The number of carboxylic acids is 1. The van der Waals surface area contributed by atoms with Crippen LogP contribution in [0.2, 0.25) is 0 Å². The molecular weight excluding hydrogens is 268 g/mol. The Morgan fingerprint density at radius 1 is 1.38 bits per heavy atom. The number of nitrogens with zero attached hydrogens (tertiary/aromatic N) is 4. The van der Waals surface area contributed by atoms with E-state index >= 15 is 0 Å². The number of fused-ring (bicyclic) bond motifs is 1. The summed E-state index contributed by atoms with van der Waals surface area (Å²) < 4.78 is 0. The molecule has 1 aliphatic carbocycles. The average molecular weight is 290 g/mol. The molecule has 1 fully saturated rings. The first-order chi connectivity index (χ1) is 10.0. The van der Waals surface area contributed by atoms with Crippen molar-refractivity contribution in [3.05, 3.63) is 23.3 Å². The lowest BCUT2D eigenvalue weighted by molar-refractivity contribution is -0.142. The van der Waals surface area contributed by atoms with E-state index in [-0.39, 0.29) is 12.0 Å². The molecule has 6 nitrogen and oxygen atoms in total. The van der Waals surface area contributed by atoms with Gasteiger partial charge in [-0.15, -0.1) is 0 Å². The number of piperazine rings is 1. The number of likely N-dealkylation sites (N-methyl/N-ethyl adjacent to an activating group) is 2. The lowest BCUT2D eigenvalue weighted by Gasteiger charge is -2.37. The lowest BCUT2D eigenvalue weighted by atomic mass is 9.87. The molecule has 1 aromatic heterocycles. The zero-order valence-electron chi connectivity index (χ0n) is 12.6. The van der Waals surface area contributed by atoms with Crippen molar-refractivity contribution < 1.29 is 9.90 Å². The van der Waals surface area contributed by atoms with Gasteiger partial charge in [0, 0.05) is 31.5 Å². The quantitative estimate of drug-likeness (QED) is 0.859. The Morgan fingerprint density at radius 3 is 2.95 bits per heavy atom. The molecular formula is C15H22N4O2. The van der Waals surface area contributed by atoms with Crippen molar-refractivity contribution in [3.8, 4) is 0 Å². The van der Waals surface area contributed by atoms with Crippen molar-refractivity contribution >= 4 is 5.97 Å². The molecule has 2 aliphatic rings. The van der Waals surface area contributed by atoms with E-state index in [9.17, 15) is 4.79 Å². The maximum Gasteiger partial charge on any atom is 0.306 e. The first-order valence-corrected chi connectivity index (χ1v) is 7.51. The van der Waals surface area contributed by atoms with Crippen LogP contribution in [0.4, 0.5) is 0 Å². The number of hydrogen-bond donors (Lipinski definition) is 1. The molecule has 114 valence electrons. The molecule has 2 heterocycles. The molecule has 1 aromatic rings. The van der Waals surface area contributed by atoms with E-state index in [1.807, 2.05) is 6.20 Å². The average Bonchev–Trinajstić information content (AvgIpc) is 2.48. The van der Waals surface area contributed by atoms with Crippen molar-refractivity contribution in [1.82, 2.24) is 19.8 Å². The molecule has 6 heteroatoms. The largest absolute Gasteiger partial charge is 0.481 e. The monoisotopic (exact) mass is 290 g/mol. The number of aliphatic carboxylic acids is 1. The van der Waals surface area contributed by atoms with Crippen molar-refractivity contribution in [3.63, 3.8) is 0 Å². The highest BCUT2D eigenvalue weighted by atomic mass is 16.4. The highest BCUT2D eigenvalue weighted by Gasteiger charge is 2.29. The fourth-order valence-electron chi connectivity index (χ4n) is 3.18. The van der Waals surface area contributed by atoms with Gasteiger partial charge in [0.05, 0.1) is 12.0 Å². The maximum absolute atomic E-state index is 11.1. The topological polar surface area (TPSA) is 69.6 Å². The van der Waals surface area contributed by atoms with Crippen LogP contribution in [0, 0.1) is 5.92 Å². The second-order valence-corrected chi connectivity index (χ2v) is 6.24. The number of carboxylic acid groups (broad SMARTS) is 1. The number of aromatic nitrogens is 2. The normalized spacial score (nSPS) is 27.3. The lowest BCUT2D eigenvalue weighted by Crippen LogP contribution is -2.45. The molecule has 0 bridgehead atoms. The molecule has 2 atom stereocenters. The highest BCUT2D eigenvalue weighted by molar-refractivity contribution is 5.70. The van der Waals surface area contributed by atoms with Crippen LogP contribution in [0.15, 0.2) is 6.20 Å². The fraction of sp³-hybridized carbons (Fsp3) is 0.667. The van der Waals surface area contributed by atoms with E-state index in [0.717, 1.165) is 43.1 Å². The number of hydrogen-bond acceptors (Lipinski definition) is 5. The summed E-state index contributed by atoms with van der Waals surface area (Å²) in [5.41, 5.74) is 2.04. The van der Waals surface area contributed by atoms with E-state index in [1.165, 1.54) is 0 Å². The van der Waals surface area contributed by atoms with Gasteiger partial charge in [-0.25, -0.2) is 9.97 Å². The Balaban J connectivity index is 1.82. The predicted octanol–water partition coefficient (Wildman–Crippen LogP) is 0.584. The van der Waals surface area contributed by atoms with E-state index in [2.05, 4.69) is 28.9 Å². The second kappa shape index (κ2) is 5.69. The standard InChI is InChI=1S/C15H22N4O2/c1-18-5-6-19(2)13(9-18)14-16-8-11-7-10(15(20)21)3-4-12(11)17-14/h8,10,13H,3-7,9H2,1-2H3,(H,20,21). The summed E-state index contributed by atoms with van der Waals surface area (Å²) in [6, 6.07) is 0.228. The minimum atomic E-state index is -0.710. The van der Waals surface area contributed by atoms with Crippen LogP contribution in [0.1, 0.15) is 29.5 Å². The third kappa shape index (κ3) is 2.91. The van der Waals surface area contributed by atoms with Crippen molar-refractivity contribution in [1.29, 1.82) is 0 Å². The Bertz CT molecular complexity index is 548. The van der Waals surface area contributed by atoms with Gasteiger partial charge in [-0.05, 0) is 38.9 Å². The first-order valence-electron chi connectivity index (χ1n) is 7.51. The van der Waals surface area contributed by atoms with Crippen LogP contribution in [0.25, 0.3) is 0 Å². The fourth-order valence-corrected chi connectivity index (χ4v) is 3.18. The van der Waals surface area contributed by atoms with Crippen LogP contribution >= 0.6 is 0 Å². The van der Waals surface area contributed by atoms with Gasteiger partial charge in [-0.2, -0.15) is 0 Å². The molecule has 0 saturated carbocycles. The summed E-state index contributed by atoms with van der Waals surface area (Å²) >= 11 is 0. The van der Waals surface area contributed by atoms with Crippen molar-refractivity contribution in [2.75, 3.05) is 33.7 Å². The van der Waals surface area contributed by atoms with Crippen LogP contribution in [-0.4, -0.2) is 64.6 Å². The molecule has 0 radical (unpaired) electrons. The first kappa shape index (κ1) is 14.4. The van der Waals surface area contributed by atoms with Gasteiger partial charge < -0.3 is 10.0 Å². The Kier molecular flexibility index (Phi) is 3.91. The zero-order valence-corrected chi connectivity index (χ0v) is 12.6. The van der Waals surface area contributed by atoms with E-state index in [4.69, 9.17) is 10.1 Å². The summed E-state index contributed by atoms with van der Waals surface area (Å²) in [5, 5.41) is 9.13. The summed E-state index contributed by atoms with van der Waals surface area (Å²) in [6.45, 7) is 3.02. The molecule has 1 N–H and O–H groups in total. The van der Waals surface area contributed by atoms with Crippen molar-refractivity contribution in [2.24, 2.45) is 5.92 Å². The Labute approximate surface area is 124 Å². The van der Waals surface area contributed by atoms with E-state index in [0.29, 0.717) is 12.8 Å². The number of rotatable bonds is 2. The molecule has 0 spiro atoms. The van der Waals surface area contributed by atoms with Crippen LogP contribution in [-0.2, 0) is 17.6 Å². The van der Waals surface area contributed by atoms with Gasteiger partial charge in [0.25, 0.3) is 0 Å². The smallest absolute Gasteiger partial charge is 0.306 e. The van der Waals surface area contributed by atoms with Gasteiger partial charge in [0.15, 0.2) is 0 Å². The Morgan fingerprint density at radius 2 is 2.19 bits per heavy atom. The van der Waals surface area contributed by atoms with Gasteiger partial charge in [0.1, 0.15) is 5.82 Å². The molecule has 21 heavy (non-hydrogen) atoms. The van der Waals surface area contributed by atoms with Crippen LogP contribution < -0.4 is 0 Å². The summed E-state index contributed by atoms with van der Waals surface area (Å²) in [6.07, 6.45) is 3.83. The van der Waals surface area contributed by atoms with Gasteiger partial charge >= 0.3 is 5.97 Å². The maximum atomic E-state index is 11.1. The molecule has 0 aromatic carbocycles. The van der Waals surface area contributed by atoms with E-state index in [1.54, 1.807) is 0 Å². The minimum Gasteiger partial charge on any atom is -0.481 e. The summed E-state index contributed by atoms with van der Waals surface area (Å²) in [4.78, 5) is 25.0. The predicted molar refractivity (Wildman–Crippen MR) is 78.1 cm³/mol. The number of carbonyl (C=O) groups is 1. The zero-order chi connectivity index (χ0) is 15.0. The summed E-state index contributed by atoms with van der Waals surface area (Å²) in [7, 11) is 4.23. The SMILES string of the molecule is CN1CCN(C)C(c2ncc3c(n2)CCC(C(=O)O)C3)C1. The molecule has 3 rings (SSSR count). The third-order valence-electron chi connectivity index (χ3n) is 4.67. The van der Waals surface area contributed by atoms with Gasteiger partial charge in [-0.3, -0.25) is 9.69 Å². The molecule has 1 saturated heterocycles. The third-order valence-corrected chi connectivity index (χ3v) is 4.67. The van der Waals surface area contributed by atoms with Crippen LogP contribution in [0.3, 0.4) is 0 Å². The Hall–Kier alpha value is -1.53. The number of aryl methyl sites for hydroxylation is 1. The van der Waals surface area contributed by atoms with Gasteiger partial charge in [0.2, 0.25) is 0 Å². The summed E-state index contributed by atoms with van der Waals surface area (Å²) in [5.74, 6) is -0.120. The molecule has 1 aliphatic heterocycles. The molecule has 2 unspecified atom stereocenters. The second-order valence-electron chi connectivity index (χ2n) is 6.24. The minimum absolute atomic E-state index is 0.228.